The van der Waals surface area contributed by atoms with Gasteiger partial charge in [0, 0.05) is 49.8 Å². The molecular formula is C42H78N2O14. The Morgan fingerprint density at radius 3 is 2.00 bits per heavy atom. The molecule has 0 saturated carbocycles. The van der Waals surface area contributed by atoms with Crippen LogP contribution in [0.15, 0.2) is 0 Å². The number of aliphatic hydroxyl groups is 4. The number of ether oxygens (including phenoxy) is 8. The zero-order valence-corrected chi connectivity index (χ0v) is 37.2. The average molecular weight is 835 g/mol. The van der Waals surface area contributed by atoms with E-state index >= 15 is 0 Å². The standard InChI is InChI=1S/C42H78N2O14/c1-14-20(4)52-40(50)24(8)37(57-32-18-42(12,51-13)39(49)27(11)54-32)23(7)38(58-41-36(48)33(44)21(5)25(9)55-41)30(16-19(3)34(46)22(6)29(45)15-2)56-31-17-28(43)35(47)26(10)53-31/h19-33,35-39,41,45,47-49H,14-18,43-44H2,1-13H3/t19-,20?,21?,22-,23+,24-,25-,26-,27?,28?,29+,30-,31+,32+,33?,35?,36?,37+,38-,39+,41+,42?/m1/s1. The second-order valence-electron chi connectivity index (χ2n) is 17.7. The summed E-state index contributed by atoms with van der Waals surface area (Å²) in [6.07, 6.45) is -11.3. The first-order valence-electron chi connectivity index (χ1n) is 21.5. The summed E-state index contributed by atoms with van der Waals surface area (Å²) in [5, 5.41) is 43.8. The summed E-state index contributed by atoms with van der Waals surface area (Å²) in [4.78, 5) is 27.8. The highest BCUT2D eigenvalue weighted by molar-refractivity contribution is 5.83. The van der Waals surface area contributed by atoms with E-state index < -0.39 is 127 Å². The van der Waals surface area contributed by atoms with Crippen molar-refractivity contribution in [2.24, 2.45) is 41.1 Å². The van der Waals surface area contributed by atoms with Crippen molar-refractivity contribution in [1.29, 1.82) is 0 Å². The maximum Gasteiger partial charge on any atom is 0.311 e. The van der Waals surface area contributed by atoms with Gasteiger partial charge in [-0.25, -0.2) is 0 Å². The number of hydrogen-bond acceptors (Lipinski definition) is 16. The van der Waals surface area contributed by atoms with Gasteiger partial charge in [0.2, 0.25) is 0 Å². The monoisotopic (exact) mass is 835 g/mol. The lowest BCUT2D eigenvalue weighted by atomic mass is 9.81. The molecule has 3 aliphatic heterocycles. The number of carbonyl (C=O) groups is 2. The second-order valence-corrected chi connectivity index (χ2v) is 17.7. The fraction of sp³-hybridized carbons (Fsp3) is 0.952. The molecule has 58 heavy (non-hydrogen) atoms. The van der Waals surface area contributed by atoms with Crippen LogP contribution >= 0.6 is 0 Å². The first kappa shape index (κ1) is 51.0. The highest BCUT2D eigenvalue weighted by Gasteiger charge is 2.51. The number of hydrogen-bond donors (Lipinski definition) is 6. The second kappa shape index (κ2) is 22.1. The molecule has 8 unspecified atom stereocenters. The summed E-state index contributed by atoms with van der Waals surface area (Å²) in [6.45, 7) is 21.3. The smallest absolute Gasteiger partial charge is 0.311 e. The van der Waals surface area contributed by atoms with Gasteiger partial charge in [0.15, 0.2) is 18.9 Å². The predicted molar refractivity (Wildman–Crippen MR) is 214 cm³/mol. The van der Waals surface area contributed by atoms with E-state index in [2.05, 4.69) is 0 Å². The summed E-state index contributed by atoms with van der Waals surface area (Å²) in [7, 11) is 1.50. The number of aliphatic hydroxyl groups excluding tert-OH is 4. The van der Waals surface area contributed by atoms with Crippen LogP contribution in [0.5, 0.6) is 0 Å². The molecule has 3 aliphatic rings. The summed E-state index contributed by atoms with van der Waals surface area (Å²) in [5.41, 5.74) is 11.8. The predicted octanol–water partition coefficient (Wildman–Crippen LogP) is 2.55. The highest BCUT2D eigenvalue weighted by atomic mass is 16.7. The maximum absolute atomic E-state index is 13.9. The highest BCUT2D eigenvalue weighted by Crippen LogP contribution is 2.39. The van der Waals surface area contributed by atoms with Gasteiger partial charge in [-0.15, -0.1) is 0 Å². The van der Waals surface area contributed by atoms with Gasteiger partial charge in [-0.2, -0.15) is 0 Å². The number of carbonyl (C=O) groups excluding carboxylic acids is 2. The molecule has 0 aromatic heterocycles. The Labute approximate surface area is 346 Å². The van der Waals surface area contributed by atoms with E-state index in [1.165, 1.54) is 7.11 Å². The van der Waals surface area contributed by atoms with Gasteiger partial charge in [0.25, 0.3) is 0 Å². The third kappa shape index (κ3) is 12.4. The maximum atomic E-state index is 13.9. The molecule has 22 atom stereocenters. The van der Waals surface area contributed by atoms with Crippen molar-refractivity contribution in [2.45, 2.75) is 219 Å². The van der Waals surface area contributed by atoms with Crippen molar-refractivity contribution in [1.82, 2.24) is 0 Å². The van der Waals surface area contributed by atoms with E-state index in [-0.39, 0.29) is 37.1 Å². The summed E-state index contributed by atoms with van der Waals surface area (Å²) >= 11 is 0. The summed E-state index contributed by atoms with van der Waals surface area (Å²) in [6, 6.07) is -1.40. The van der Waals surface area contributed by atoms with Crippen molar-refractivity contribution in [3.8, 4) is 0 Å². The molecule has 16 heteroatoms. The van der Waals surface area contributed by atoms with Gasteiger partial charge in [-0.05, 0) is 66.7 Å². The van der Waals surface area contributed by atoms with Gasteiger partial charge in [-0.3, -0.25) is 9.59 Å². The van der Waals surface area contributed by atoms with E-state index in [0.717, 1.165) is 0 Å². The van der Waals surface area contributed by atoms with E-state index in [1.807, 2.05) is 27.7 Å². The topological polar surface area (TPSA) is 241 Å². The Kier molecular flexibility index (Phi) is 19.4. The number of methoxy groups -OCH3 is 1. The van der Waals surface area contributed by atoms with Gasteiger partial charge in [0.05, 0.1) is 66.5 Å². The average Bonchev–Trinajstić information content (AvgIpc) is 3.18. The molecule has 16 nitrogen and oxygen atoms in total. The molecule has 3 fully saturated rings. The van der Waals surface area contributed by atoms with Crippen LogP contribution in [0.4, 0.5) is 0 Å². The molecule has 0 aliphatic carbocycles. The van der Waals surface area contributed by atoms with Crippen LogP contribution in [-0.4, -0.2) is 143 Å². The Hall–Kier alpha value is -1.38. The van der Waals surface area contributed by atoms with Crippen molar-refractivity contribution in [2.75, 3.05) is 7.11 Å². The molecule has 3 heterocycles. The van der Waals surface area contributed by atoms with E-state index in [1.54, 1.807) is 55.4 Å². The first-order valence-corrected chi connectivity index (χ1v) is 21.5. The first-order chi connectivity index (χ1) is 27.0. The minimum absolute atomic E-state index is 0.0464. The van der Waals surface area contributed by atoms with E-state index in [9.17, 15) is 30.0 Å². The Balaban J connectivity index is 2.20. The molecular weight excluding hydrogens is 756 g/mol. The molecule has 3 saturated heterocycles. The molecule has 0 amide bonds. The van der Waals surface area contributed by atoms with Crippen LogP contribution in [0.2, 0.25) is 0 Å². The molecule has 3 rings (SSSR count). The summed E-state index contributed by atoms with van der Waals surface area (Å²) < 4.78 is 50.6. The van der Waals surface area contributed by atoms with Crippen LogP contribution in [0.3, 0.4) is 0 Å². The van der Waals surface area contributed by atoms with Crippen LogP contribution in [0.25, 0.3) is 0 Å². The van der Waals surface area contributed by atoms with Crippen molar-refractivity contribution < 1.29 is 67.9 Å². The molecule has 8 N–H and O–H groups in total. The number of rotatable bonds is 20. The molecule has 0 bridgehead atoms. The minimum atomic E-state index is -1.27. The number of nitrogens with two attached hydrogens (primary N) is 2. The Morgan fingerprint density at radius 2 is 1.43 bits per heavy atom. The molecule has 340 valence electrons. The Morgan fingerprint density at radius 1 is 0.810 bits per heavy atom. The van der Waals surface area contributed by atoms with Crippen LogP contribution in [0.1, 0.15) is 115 Å². The van der Waals surface area contributed by atoms with Crippen molar-refractivity contribution in [3.05, 3.63) is 0 Å². The molecule has 0 spiro atoms. The normalized spacial score (nSPS) is 39.4. The lowest BCUT2D eigenvalue weighted by Gasteiger charge is -2.48. The van der Waals surface area contributed by atoms with Crippen LogP contribution in [-0.2, 0) is 47.5 Å². The number of esters is 1. The van der Waals surface area contributed by atoms with Crippen LogP contribution < -0.4 is 11.5 Å². The summed E-state index contributed by atoms with van der Waals surface area (Å²) in [5.74, 6) is -4.04. The van der Waals surface area contributed by atoms with Crippen molar-refractivity contribution in [3.63, 3.8) is 0 Å². The zero-order chi connectivity index (χ0) is 44.0. The lowest BCUT2D eigenvalue weighted by Crippen LogP contribution is -2.61. The van der Waals surface area contributed by atoms with Crippen molar-refractivity contribution >= 4 is 11.8 Å². The largest absolute Gasteiger partial charge is 0.462 e. The Bertz CT molecular complexity index is 1270. The third-order valence-electron chi connectivity index (χ3n) is 13.2. The number of Topliss-reactive ketones (excluding diaryl/α,β-unsaturated/α-hetero) is 1. The SMILES string of the molecule is CCC(C)OC(=O)[C@H](C)[C@@H](O[C@H]1CC(C)(OC)[C@@H](O)C(C)O1)[C@H](C)[C@@H](O[C@@H]1O[C@H](C)C(C)C(N)C1O)[C@@H](C[C@@H](C)C(=O)[C@H](C)[C@@H](O)CC)O[C@H]1CC(N)C(O)[C@@H](C)O1. The minimum Gasteiger partial charge on any atom is -0.462 e. The van der Waals surface area contributed by atoms with Gasteiger partial charge in [0.1, 0.15) is 18.0 Å². The third-order valence-corrected chi connectivity index (χ3v) is 13.2. The van der Waals surface area contributed by atoms with Crippen LogP contribution in [0, 0.1) is 29.6 Å². The van der Waals surface area contributed by atoms with E-state index in [0.29, 0.717) is 12.8 Å². The fourth-order valence-corrected chi connectivity index (χ4v) is 8.31. The van der Waals surface area contributed by atoms with Gasteiger partial charge in [-0.1, -0.05) is 41.5 Å². The molecule has 0 aromatic carbocycles. The molecule has 0 radical (unpaired) electrons. The lowest BCUT2D eigenvalue weighted by molar-refractivity contribution is -0.323. The van der Waals surface area contributed by atoms with E-state index in [4.69, 9.17) is 49.4 Å². The van der Waals surface area contributed by atoms with Gasteiger partial charge >= 0.3 is 5.97 Å². The zero-order valence-electron chi connectivity index (χ0n) is 37.2. The molecule has 0 aromatic rings. The van der Waals surface area contributed by atoms with Gasteiger partial charge < -0.3 is 69.8 Å². The number of ketones is 1. The quantitative estimate of drug-likeness (QED) is 0.0966. The fourth-order valence-electron chi connectivity index (χ4n) is 8.31.